The molecule has 1 fully saturated rings. The van der Waals surface area contributed by atoms with Crippen LogP contribution in [-0.2, 0) is 10.9 Å². The first-order valence-electron chi connectivity index (χ1n) is 7.41. The molecule has 0 saturated carbocycles. The van der Waals surface area contributed by atoms with Gasteiger partial charge in [0.25, 0.3) is 0 Å². The van der Waals surface area contributed by atoms with Crippen molar-refractivity contribution in [1.82, 2.24) is 10.3 Å². The first kappa shape index (κ1) is 16.7. The van der Waals surface area contributed by atoms with E-state index in [1.807, 2.05) is 0 Å². The van der Waals surface area contributed by atoms with Gasteiger partial charge in [0, 0.05) is 19.1 Å². The van der Waals surface area contributed by atoms with Gasteiger partial charge in [0.15, 0.2) is 11.8 Å². The van der Waals surface area contributed by atoms with Crippen molar-refractivity contribution in [2.45, 2.75) is 24.8 Å². The van der Waals surface area contributed by atoms with Crippen molar-refractivity contribution < 1.29 is 17.9 Å². The molecule has 3 heterocycles. The second-order valence-electron chi connectivity index (χ2n) is 5.66. The third-order valence-corrected chi connectivity index (χ3v) is 3.94. The Bertz CT molecular complexity index is 683. The first-order chi connectivity index (χ1) is 11.3. The van der Waals surface area contributed by atoms with Gasteiger partial charge in [-0.3, -0.25) is 5.73 Å². The van der Waals surface area contributed by atoms with E-state index < -0.39 is 17.7 Å². The highest BCUT2D eigenvalue weighted by molar-refractivity contribution is 6.08. The summed E-state index contributed by atoms with van der Waals surface area (Å²) < 4.78 is 43.8. The number of aliphatic imine (C=N–C) groups is 2. The monoisotopic (exact) mass is 342 g/mol. The molecule has 1 atom stereocenters. The van der Waals surface area contributed by atoms with Crippen LogP contribution in [0.25, 0.3) is 0 Å². The van der Waals surface area contributed by atoms with Gasteiger partial charge >= 0.3 is 6.18 Å². The van der Waals surface area contributed by atoms with Crippen LogP contribution in [0.5, 0.6) is 0 Å². The van der Waals surface area contributed by atoms with Crippen molar-refractivity contribution in [2.75, 3.05) is 13.2 Å². The molecule has 1 aromatic rings. The van der Waals surface area contributed by atoms with Gasteiger partial charge in [-0.05, 0) is 25.0 Å². The highest BCUT2D eigenvalue weighted by Crippen LogP contribution is 2.30. The topological polar surface area (TPSA) is 111 Å². The van der Waals surface area contributed by atoms with Crippen molar-refractivity contribution in [1.29, 1.82) is 0 Å². The van der Waals surface area contributed by atoms with E-state index >= 15 is 0 Å². The number of nitrogens with two attached hydrogens (primary N) is 2. The maximum absolute atomic E-state index is 12.8. The number of nitrogens with zero attached hydrogens (tertiary/aromatic N) is 3. The molecule has 0 aromatic carbocycles. The van der Waals surface area contributed by atoms with Crippen molar-refractivity contribution in [3.63, 3.8) is 0 Å². The summed E-state index contributed by atoms with van der Waals surface area (Å²) in [5.74, 6) is -1.40. The fourth-order valence-electron chi connectivity index (χ4n) is 2.73. The summed E-state index contributed by atoms with van der Waals surface area (Å²) >= 11 is 0. The molecule has 7 nitrogen and oxygen atoms in total. The molecule has 24 heavy (non-hydrogen) atoms. The second kappa shape index (κ2) is 6.02. The summed E-state index contributed by atoms with van der Waals surface area (Å²) in [6.45, 7) is 1.05. The minimum absolute atomic E-state index is 0.00422. The Morgan fingerprint density at radius 2 is 1.92 bits per heavy atom. The normalized spacial score (nSPS) is 25.7. The molecule has 0 spiro atoms. The highest BCUT2D eigenvalue weighted by Gasteiger charge is 2.39. The molecule has 130 valence electrons. The van der Waals surface area contributed by atoms with E-state index in [2.05, 4.69) is 20.3 Å². The number of rotatable bonds is 2. The van der Waals surface area contributed by atoms with E-state index in [0.29, 0.717) is 26.1 Å². The predicted molar refractivity (Wildman–Crippen MR) is 81.0 cm³/mol. The molecular formula is C14H17F3N6O. The Hall–Kier alpha value is -2.20. The number of halogens is 3. The zero-order valence-electron chi connectivity index (χ0n) is 12.7. The Morgan fingerprint density at radius 1 is 1.21 bits per heavy atom. The fourth-order valence-corrected chi connectivity index (χ4v) is 2.73. The Kier molecular flexibility index (Phi) is 4.18. The van der Waals surface area contributed by atoms with E-state index in [1.165, 1.54) is 12.1 Å². The van der Waals surface area contributed by atoms with Gasteiger partial charge in [0.2, 0.25) is 5.79 Å². The van der Waals surface area contributed by atoms with Gasteiger partial charge in [0.05, 0.1) is 0 Å². The van der Waals surface area contributed by atoms with E-state index in [0.717, 1.165) is 6.07 Å². The van der Waals surface area contributed by atoms with Gasteiger partial charge in [-0.25, -0.2) is 15.0 Å². The lowest BCUT2D eigenvalue weighted by molar-refractivity contribution is -0.141. The van der Waals surface area contributed by atoms with Crippen LogP contribution in [-0.4, -0.2) is 35.8 Å². The summed E-state index contributed by atoms with van der Waals surface area (Å²) in [5.41, 5.74) is 11.0. The number of aromatic nitrogens is 1. The van der Waals surface area contributed by atoms with Gasteiger partial charge in [-0.1, -0.05) is 6.07 Å². The second-order valence-corrected chi connectivity index (χ2v) is 5.66. The fraction of sp³-hybridized carbons (Fsp3) is 0.500. The number of pyridine rings is 1. The molecule has 2 aliphatic heterocycles. The molecule has 10 heteroatoms. The molecule has 0 amide bonds. The largest absolute Gasteiger partial charge is 0.433 e. The Morgan fingerprint density at radius 3 is 2.58 bits per heavy atom. The number of alkyl halides is 3. The van der Waals surface area contributed by atoms with Crippen LogP contribution in [0.3, 0.4) is 0 Å². The van der Waals surface area contributed by atoms with Crippen LogP contribution in [0, 0.1) is 5.92 Å². The molecule has 5 N–H and O–H groups in total. The van der Waals surface area contributed by atoms with E-state index in [1.54, 1.807) is 0 Å². The third-order valence-electron chi connectivity index (χ3n) is 3.94. The van der Waals surface area contributed by atoms with Gasteiger partial charge in [-0.2, -0.15) is 13.2 Å². The lowest BCUT2D eigenvalue weighted by Crippen LogP contribution is -2.55. The molecule has 2 aliphatic rings. The summed E-state index contributed by atoms with van der Waals surface area (Å²) in [6.07, 6.45) is -3.27. The minimum atomic E-state index is -4.55. The van der Waals surface area contributed by atoms with Crippen molar-refractivity contribution in [3.05, 3.63) is 29.6 Å². The number of guanidine groups is 1. The predicted octanol–water partition coefficient (Wildman–Crippen LogP) is 0.804. The average molecular weight is 342 g/mol. The summed E-state index contributed by atoms with van der Waals surface area (Å²) in [7, 11) is 0. The van der Waals surface area contributed by atoms with Crippen LogP contribution in [0.1, 0.15) is 24.2 Å². The highest BCUT2D eigenvalue weighted by atomic mass is 19.4. The van der Waals surface area contributed by atoms with E-state index in [-0.39, 0.29) is 23.4 Å². The number of hydrogen-bond donors (Lipinski definition) is 3. The molecule has 0 bridgehead atoms. The molecule has 1 saturated heterocycles. The van der Waals surface area contributed by atoms with Crippen molar-refractivity contribution in [2.24, 2.45) is 27.4 Å². The minimum Gasteiger partial charge on any atom is -0.381 e. The van der Waals surface area contributed by atoms with Crippen molar-refractivity contribution >= 4 is 11.8 Å². The molecule has 3 rings (SSSR count). The molecule has 0 aliphatic carbocycles. The van der Waals surface area contributed by atoms with Gasteiger partial charge < -0.3 is 15.8 Å². The zero-order chi connectivity index (χ0) is 17.4. The summed E-state index contributed by atoms with van der Waals surface area (Å²) in [6, 6.07) is 3.55. The maximum Gasteiger partial charge on any atom is 0.433 e. The Labute approximate surface area is 136 Å². The number of ether oxygens (including phenoxy) is 1. The molecule has 1 aromatic heterocycles. The van der Waals surface area contributed by atoms with Crippen LogP contribution in [0.15, 0.2) is 28.2 Å². The maximum atomic E-state index is 12.8. The molecule has 0 radical (unpaired) electrons. The van der Waals surface area contributed by atoms with Crippen LogP contribution in [0.4, 0.5) is 13.2 Å². The quantitative estimate of drug-likeness (QED) is 0.736. The third kappa shape index (κ3) is 3.34. The first-order valence-corrected chi connectivity index (χ1v) is 7.41. The van der Waals surface area contributed by atoms with Crippen LogP contribution < -0.4 is 16.8 Å². The Balaban J connectivity index is 1.96. The smallest absolute Gasteiger partial charge is 0.381 e. The standard InChI is InChI=1S/C14H17F3N6O/c15-13(16,17)10-3-1-2-9(20-10)11-21-12(18)23-14(19,22-11)8-4-6-24-7-5-8/h1-3,8H,4-7,19H2,(H3,18,21,22,23). The van der Waals surface area contributed by atoms with Gasteiger partial charge in [0.1, 0.15) is 11.4 Å². The summed E-state index contributed by atoms with van der Waals surface area (Å²) in [5, 5.41) is 2.64. The van der Waals surface area contributed by atoms with Crippen LogP contribution in [0.2, 0.25) is 0 Å². The number of nitrogens with one attached hydrogen (secondary N) is 1. The lowest BCUT2D eigenvalue weighted by Gasteiger charge is -2.36. The SMILES string of the molecule is NC1=NC(N)(C2CCOCC2)N=C(c2cccc(C(F)(F)F)n2)N1. The van der Waals surface area contributed by atoms with Crippen LogP contribution >= 0.6 is 0 Å². The number of hydrogen-bond acceptors (Lipinski definition) is 7. The molecule has 1 unspecified atom stereocenters. The van der Waals surface area contributed by atoms with E-state index in [9.17, 15) is 13.2 Å². The summed E-state index contributed by atoms with van der Waals surface area (Å²) in [4.78, 5) is 12.1. The van der Waals surface area contributed by atoms with E-state index in [4.69, 9.17) is 16.2 Å². The lowest BCUT2D eigenvalue weighted by atomic mass is 9.92. The zero-order valence-corrected chi connectivity index (χ0v) is 12.7. The van der Waals surface area contributed by atoms with Gasteiger partial charge in [-0.15, -0.1) is 0 Å². The average Bonchev–Trinajstić information content (AvgIpc) is 2.54. The van der Waals surface area contributed by atoms with Crippen molar-refractivity contribution in [3.8, 4) is 0 Å². The molecular weight excluding hydrogens is 325 g/mol. The number of amidine groups is 1.